The Balaban J connectivity index is 1.20. The monoisotopic (exact) mass is 635 g/mol. The Morgan fingerprint density at radius 1 is 0.460 bits per heavy atom. The number of aromatic nitrogens is 2. The predicted molar refractivity (Wildman–Crippen MR) is 203 cm³/mol. The van der Waals surface area contributed by atoms with Gasteiger partial charge in [0.25, 0.3) is 0 Å². The minimum Gasteiger partial charge on any atom is -0.319 e. The van der Waals surface area contributed by atoms with Gasteiger partial charge in [-0.3, -0.25) is 0 Å². The second-order valence-corrected chi connectivity index (χ2v) is 12.2. The van der Waals surface area contributed by atoms with E-state index in [0.29, 0.717) is 16.9 Å². The van der Waals surface area contributed by atoms with Crippen LogP contribution in [0.25, 0.3) is 86.9 Å². The molecule has 7 aromatic carbocycles. The molecule has 0 amide bonds. The molecule has 0 radical (unpaired) electrons. The number of hydrogen-bond donors (Lipinski definition) is 0. The highest BCUT2D eigenvalue weighted by atomic mass is 15.0. The van der Waals surface area contributed by atoms with Crippen LogP contribution in [0.2, 0.25) is 0 Å². The molecule has 0 aliphatic carbocycles. The molecule has 0 atom stereocenters. The van der Waals surface area contributed by atoms with E-state index < -0.39 is 0 Å². The van der Waals surface area contributed by atoms with E-state index in [2.05, 4.69) is 97.7 Å². The molecule has 0 saturated heterocycles. The summed E-state index contributed by atoms with van der Waals surface area (Å²) in [5.74, 6) is 0. The molecule has 50 heavy (non-hydrogen) atoms. The molecule has 0 unspecified atom stereocenters. The van der Waals surface area contributed by atoms with E-state index in [9.17, 15) is 5.26 Å². The molecule has 5 nitrogen and oxygen atoms in total. The molecule has 0 aliphatic heterocycles. The van der Waals surface area contributed by atoms with Crippen molar-refractivity contribution in [1.82, 2.24) is 9.13 Å². The van der Waals surface area contributed by atoms with Crippen LogP contribution in [0.4, 0.5) is 11.4 Å². The van der Waals surface area contributed by atoms with Crippen molar-refractivity contribution in [2.24, 2.45) is 0 Å². The number of fused-ring (bicyclic) bond motifs is 6. The van der Waals surface area contributed by atoms with E-state index in [1.165, 1.54) is 0 Å². The van der Waals surface area contributed by atoms with Crippen LogP contribution in [0.1, 0.15) is 5.56 Å². The maximum atomic E-state index is 9.90. The lowest BCUT2D eigenvalue weighted by Gasteiger charge is -2.16. The fraction of sp³-hybridized carbons (Fsp3) is 0. The maximum Gasteiger partial charge on any atom is 0.218 e. The van der Waals surface area contributed by atoms with Crippen molar-refractivity contribution in [3.63, 3.8) is 0 Å². The number of nitrogens with zero attached hydrogens (tertiary/aromatic N) is 5. The molecule has 5 heteroatoms. The molecule has 0 bridgehead atoms. The van der Waals surface area contributed by atoms with Crippen LogP contribution in [0, 0.1) is 24.5 Å². The fourth-order valence-corrected chi connectivity index (χ4v) is 7.40. The van der Waals surface area contributed by atoms with Gasteiger partial charge in [-0.2, -0.15) is 5.26 Å². The summed E-state index contributed by atoms with van der Waals surface area (Å²) >= 11 is 0. The highest BCUT2D eigenvalue weighted by molar-refractivity contribution is 6.11. The van der Waals surface area contributed by atoms with Gasteiger partial charge in [0.15, 0.2) is 5.69 Å². The molecule has 0 fully saturated rings. The van der Waals surface area contributed by atoms with Gasteiger partial charge in [-0.1, -0.05) is 97.1 Å². The Morgan fingerprint density at radius 3 is 1.62 bits per heavy atom. The molecule has 230 valence electrons. The number of para-hydroxylation sites is 4. The minimum atomic E-state index is 0.568. The Labute approximate surface area is 288 Å². The van der Waals surface area contributed by atoms with Crippen molar-refractivity contribution >= 4 is 55.0 Å². The summed E-state index contributed by atoms with van der Waals surface area (Å²) in [5.41, 5.74) is 11.3. The standard InChI is InChI=1S/C45H25N5/c1-47-32-23-25-43-38(27-32)36-12-5-8-16-41(36)49(43)42-24-18-29(28-46)26-37(42)31-21-19-30(20-22-31)33-13-9-17-44(45(33)48-2)50-39-14-6-3-10-34(39)35-11-4-7-15-40(35)50/h3-27H. The molecule has 2 aromatic heterocycles. The fourth-order valence-electron chi connectivity index (χ4n) is 7.40. The zero-order valence-electron chi connectivity index (χ0n) is 26.7. The molecule has 0 aliphatic rings. The highest BCUT2D eigenvalue weighted by Crippen LogP contribution is 2.42. The lowest BCUT2D eigenvalue weighted by atomic mass is 9.96. The molecule has 0 saturated carbocycles. The zero-order valence-corrected chi connectivity index (χ0v) is 26.7. The lowest BCUT2D eigenvalue weighted by molar-refractivity contribution is 1.18. The van der Waals surface area contributed by atoms with Crippen molar-refractivity contribution in [3.05, 3.63) is 180 Å². The lowest BCUT2D eigenvalue weighted by Crippen LogP contribution is -1.98. The summed E-state index contributed by atoms with van der Waals surface area (Å²) in [5, 5.41) is 14.3. The Morgan fingerprint density at radius 2 is 1.02 bits per heavy atom. The first-order valence-corrected chi connectivity index (χ1v) is 16.2. The summed E-state index contributed by atoms with van der Waals surface area (Å²) in [6, 6.07) is 53.1. The topological polar surface area (TPSA) is 42.4 Å². The first-order valence-electron chi connectivity index (χ1n) is 16.2. The Bertz CT molecular complexity index is 2900. The van der Waals surface area contributed by atoms with E-state index in [0.717, 1.165) is 77.2 Å². The van der Waals surface area contributed by atoms with Crippen LogP contribution in [0.5, 0.6) is 0 Å². The number of benzene rings is 7. The maximum absolute atomic E-state index is 9.90. The Hall–Kier alpha value is -7.39. The average molecular weight is 636 g/mol. The molecular formula is C45H25N5. The van der Waals surface area contributed by atoms with Crippen LogP contribution in [-0.4, -0.2) is 9.13 Å². The van der Waals surface area contributed by atoms with Crippen LogP contribution in [0.15, 0.2) is 152 Å². The summed E-state index contributed by atoms with van der Waals surface area (Å²) in [6.45, 7) is 15.9. The van der Waals surface area contributed by atoms with Crippen molar-refractivity contribution in [2.75, 3.05) is 0 Å². The average Bonchev–Trinajstić information content (AvgIpc) is 3.70. The largest absolute Gasteiger partial charge is 0.319 e. The molecule has 2 heterocycles. The van der Waals surface area contributed by atoms with E-state index in [1.54, 1.807) is 0 Å². The SMILES string of the molecule is [C-]#[N+]c1ccc2c(c1)c1ccccc1n2-c1ccc(C#N)cc1-c1ccc(-c2cccc(-n3c4ccccc4c4ccccc43)c2[N+]#[C-])cc1. The van der Waals surface area contributed by atoms with Gasteiger partial charge in [0, 0.05) is 21.7 Å². The van der Waals surface area contributed by atoms with Crippen LogP contribution < -0.4 is 0 Å². The van der Waals surface area contributed by atoms with Gasteiger partial charge < -0.3 is 9.13 Å². The zero-order chi connectivity index (χ0) is 33.8. The molecule has 0 spiro atoms. The van der Waals surface area contributed by atoms with Gasteiger partial charge >= 0.3 is 0 Å². The van der Waals surface area contributed by atoms with Crippen molar-refractivity contribution in [2.45, 2.75) is 0 Å². The molecule has 0 N–H and O–H groups in total. The van der Waals surface area contributed by atoms with Gasteiger partial charge in [-0.15, -0.1) is 0 Å². The molecular weight excluding hydrogens is 611 g/mol. The third-order valence-corrected chi connectivity index (χ3v) is 9.61. The summed E-state index contributed by atoms with van der Waals surface area (Å²) in [6.07, 6.45) is 0. The van der Waals surface area contributed by atoms with Gasteiger partial charge in [-0.25, -0.2) is 9.69 Å². The van der Waals surface area contributed by atoms with E-state index >= 15 is 0 Å². The third-order valence-electron chi connectivity index (χ3n) is 9.61. The van der Waals surface area contributed by atoms with Gasteiger partial charge in [0.1, 0.15) is 0 Å². The van der Waals surface area contributed by atoms with E-state index in [4.69, 9.17) is 13.1 Å². The Kier molecular flexibility index (Phi) is 6.56. The van der Waals surface area contributed by atoms with E-state index in [-0.39, 0.29) is 0 Å². The van der Waals surface area contributed by atoms with Gasteiger partial charge in [0.2, 0.25) is 5.69 Å². The summed E-state index contributed by atoms with van der Waals surface area (Å²) in [4.78, 5) is 7.78. The van der Waals surface area contributed by atoms with Gasteiger partial charge in [-0.05, 0) is 76.7 Å². The summed E-state index contributed by atoms with van der Waals surface area (Å²) < 4.78 is 4.41. The number of rotatable bonds is 4. The van der Waals surface area contributed by atoms with Crippen molar-refractivity contribution in [3.8, 4) is 39.7 Å². The predicted octanol–water partition coefficient (Wildman–Crippen LogP) is 12.2. The van der Waals surface area contributed by atoms with E-state index in [1.807, 2.05) is 78.9 Å². The van der Waals surface area contributed by atoms with Crippen LogP contribution in [-0.2, 0) is 0 Å². The van der Waals surface area contributed by atoms with Crippen molar-refractivity contribution < 1.29 is 0 Å². The first kappa shape index (κ1) is 28.8. The van der Waals surface area contributed by atoms with Crippen LogP contribution >= 0.6 is 0 Å². The van der Waals surface area contributed by atoms with Crippen LogP contribution in [0.3, 0.4) is 0 Å². The van der Waals surface area contributed by atoms with Crippen molar-refractivity contribution in [1.29, 1.82) is 5.26 Å². The number of hydrogen-bond acceptors (Lipinski definition) is 1. The highest BCUT2D eigenvalue weighted by Gasteiger charge is 2.19. The van der Waals surface area contributed by atoms with Gasteiger partial charge in [0.05, 0.1) is 58.2 Å². The second kappa shape index (κ2) is 11.4. The summed E-state index contributed by atoms with van der Waals surface area (Å²) in [7, 11) is 0. The number of nitriles is 1. The quantitative estimate of drug-likeness (QED) is 0.177. The molecule has 9 aromatic rings. The third kappa shape index (κ3) is 4.31. The first-order chi connectivity index (χ1) is 24.7. The minimum absolute atomic E-state index is 0.568. The normalized spacial score (nSPS) is 11.1. The second-order valence-electron chi connectivity index (χ2n) is 12.2. The smallest absolute Gasteiger partial charge is 0.218 e. The molecule has 9 rings (SSSR count).